The van der Waals surface area contributed by atoms with Crippen LogP contribution in [0.5, 0.6) is 0 Å². The Morgan fingerprint density at radius 2 is 1.46 bits per heavy atom. The Bertz CT molecular complexity index is 1100. The van der Waals surface area contributed by atoms with Crippen molar-refractivity contribution in [2.24, 2.45) is 4.99 Å². The third-order valence-electron chi connectivity index (χ3n) is 4.29. The lowest BCUT2D eigenvalue weighted by Crippen LogP contribution is -2.14. The summed E-state index contributed by atoms with van der Waals surface area (Å²) in [4.78, 5) is 4.45. The van der Waals surface area contributed by atoms with Crippen molar-refractivity contribution in [1.82, 2.24) is 0 Å². The monoisotopic (exact) mass is 396 g/mol. The van der Waals surface area contributed by atoms with Crippen molar-refractivity contribution in [2.45, 2.75) is 25.7 Å². The molecule has 0 spiro atoms. The second-order valence-corrected chi connectivity index (χ2v) is 8.37. The number of hydrogen-bond acceptors (Lipinski definition) is 3. The van der Waals surface area contributed by atoms with Crippen LogP contribution in [0, 0.1) is 26.6 Å². The summed E-state index contributed by atoms with van der Waals surface area (Å²) in [5, 5.41) is 0. The van der Waals surface area contributed by atoms with Gasteiger partial charge in [0, 0.05) is 6.21 Å². The Balaban J connectivity index is 1.79. The number of rotatable bonds is 5. The summed E-state index contributed by atoms with van der Waals surface area (Å²) < 4.78 is 41.1. The number of hydrogen-bond donors (Lipinski definition) is 1. The highest BCUT2D eigenvalue weighted by Gasteiger charge is 2.16. The quantitative estimate of drug-likeness (QED) is 0.595. The van der Waals surface area contributed by atoms with Crippen LogP contribution >= 0.6 is 0 Å². The summed E-state index contributed by atoms with van der Waals surface area (Å²) >= 11 is 0. The Hall–Kier alpha value is -2.99. The fourth-order valence-electron chi connectivity index (χ4n) is 2.94. The Morgan fingerprint density at radius 1 is 0.893 bits per heavy atom. The second-order valence-electron chi connectivity index (χ2n) is 6.68. The molecule has 0 aliphatic rings. The molecule has 0 atom stereocenters. The van der Waals surface area contributed by atoms with Crippen molar-refractivity contribution in [1.29, 1.82) is 0 Å². The first kappa shape index (κ1) is 19.8. The average Bonchev–Trinajstić information content (AvgIpc) is 2.65. The predicted octanol–water partition coefficient (Wildman–Crippen LogP) is 5.30. The molecule has 3 aromatic carbocycles. The van der Waals surface area contributed by atoms with Crippen molar-refractivity contribution in [3.63, 3.8) is 0 Å². The molecule has 0 saturated carbocycles. The zero-order valence-electron chi connectivity index (χ0n) is 15.9. The molecule has 0 aromatic heterocycles. The number of nitrogens with one attached hydrogen (secondary N) is 1. The molecule has 0 aliphatic carbocycles. The van der Waals surface area contributed by atoms with Gasteiger partial charge in [0.1, 0.15) is 5.82 Å². The second kappa shape index (κ2) is 7.94. The van der Waals surface area contributed by atoms with Gasteiger partial charge in [-0.15, -0.1) is 0 Å². The molecule has 0 aliphatic heterocycles. The molecule has 0 unspecified atom stereocenters. The lowest BCUT2D eigenvalue weighted by Gasteiger charge is -2.14. The molecule has 28 heavy (non-hydrogen) atoms. The molecule has 3 aromatic rings. The molecular formula is C22H21FN2O2S. The first-order valence-electron chi connectivity index (χ1n) is 8.75. The van der Waals surface area contributed by atoms with Gasteiger partial charge in [-0.2, -0.15) is 0 Å². The summed E-state index contributed by atoms with van der Waals surface area (Å²) in [7, 11) is -3.70. The van der Waals surface area contributed by atoms with Crippen LogP contribution in [0.25, 0.3) is 0 Å². The zero-order chi connectivity index (χ0) is 20.3. The van der Waals surface area contributed by atoms with Crippen LogP contribution in [0.15, 0.2) is 70.6 Å². The first-order chi connectivity index (χ1) is 13.2. The molecule has 0 radical (unpaired) electrons. The average molecular weight is 396 g/mol. The van der Waals surface area contributed by atoms with E-state index < -0.39 is 10.0 Å². The summed E-state index contributed by atoms with van der Waals surface area (Å²) in [6.07, 6.45) is 1.60. The van der Waals surface area contributed by atoms with E-state index in [0.717, 1.165) is 22.3 Å². The molecule has 3 rings (SSSR count). The standard InChI is InChI=1S/C22H21FN2O2S/c1-15-12-16(2)22(17(3)13-15)25-28(26,27)21-10-8-20(9-11-21)24-14-18-4-6-19(23)7-5-18/h4-14,25H,1-3H3. The fraction of sp³-hybridized carbons (Fsp3) is 0.136. The van der Waals surface area contributed by atoms with E-state index in [1.54, 1.807) is 30.5 Å². The van der Waals surface area contributed by atoms with Crippen molar-refractivity contribution in [2.75, 3.05) is 4.72 Å². The van der Waals surface area contributed by atoms with E-state index in [0.29, 0.717) is 11.4 Å². The van der Waals surface area contributed by atoms with Crippen molar-refractivity contribution in [3.05, 3.63) is 88.7 Å². The highest BCUT2D eigenvalue weighted by molar-refractivity contribution is 7.92. The summed E-state index contributed by atoms with van der Waals surface area (Å²) in [6, 6.07) is 16.1. The van der Waals surface area contributed by atoms with Gasteiger partial charge >= 0.3 is 0 Å². The number of aryl methyl sites for hydroxylation is 3. The van der Waals surface area contributed by atoms with Gasteiger partial charge in [0.15, 0.2) is 0 Å². The number of nitrogens with zero attached hydrogens (tertiary/aromatic N) is 1. The van der Waals surface area contributed by atoms with E-state index in [4.69, 9.17) is 0 Å². The first-order valence-corrected chi connectivity index (χ1v) is 10.2. The lowest BCUT2D eigenvalue weighted by atomic mass is 10.1. The van der Waals surface area contributed by atoms with E-state index in [2.05, 4.69) is 9.71 Å². The molecular weight excluding hydrogens is 375 g/mol. The summed E-state index contributed by atoms with van der Waals surface area (Å²) in [5.74, 6) is -0.307. The molecule has 0 heterocycles. The van der Waals surface area contributed by atoms with Crippen LogP contribution in [-0.4, -0.2) is 14.6 Å². The fourth-order valence-corrected chi connectivity index (χ4v) is 4.15. The largest absolute Gasteiger partial charge is 0.279 e. The van der Waals surface area contributed by atoms with Crippen LogP contribution in [-0.2, 0) is 10.0 Å². The summed E-state index contributed by atoms with van der Waals surface area (Å²) in [6.45, 7) is 5.74. The predicted molar refractivity (Wildman–Crippen MR) is 112 cm³/mol. The van der Waals surface area contributed by atoms with E-state index >= 15 is 0 Å². The zero-order valence-corrected chi connectivity index (χ0v) is 16.7. The minimum absolute atomic E-state index is 0.160. The van der Waals surface area contributed by atoms with Crippen molar-refractivity contribution in [3.8, 4) is 0 Å². The van der Waals surface area contributed by atoms with E-state index in [9.17, 15) is 12.8 Å². The minimum Gasteiger partial charge on any atom is -0.279 e. The highest BCUT2D eigenvalue weighted by atomic mass is 32.2. The highest BCUT2D eigenvalue weighted by Crippen LogP contribution is 2.26. The van der Waals surface area contributed by atoms with Crippen molar-refractivity contribution < 1.29 is 12.8 Å². The van der Waals surface area contributed by atoms with Gasteiger partial charge in [0.25, 0.3) is 10.0 Å². The van der Waals surface area contributed by atoms with E-state index in [-0.39, 0.29) is 10.7 Å². The SMILES string of the molecule is Cc1cc(C)c(NS(=O)(=O)c2ccc(N=Cc3ccc(F)cc3)cc2)c(C)c1. The maximum atomic E-state index is 12.9. The van der Waals surface area contributed by atoms with E-state index in [1.807, 2.05) is 32.9 Å². The van der Waals surface area contributed by atoms with Gasteiger partial charge in [0.05, 0.1) is 16.3 Å². The molecule has 0 fully saturated rings. The molecule has 0 bridgehead atoms. The van der Waals surface area contributed by atoms with E-state index in [1.165, 1.54) is 24.3 Å². The number of benzene rings is 3. The lowest BCUT2D eigenvalue weighted by molar-refractivity contribution is 0.601. The maximum Gasteiger partial charge on any atom is 0.261 e. The Kier molecular flexibility index (Phi) is 5.61. The maximum absolute atomic E-state index is 12.9. The van der Waals surface area contributed by atoms with Gasteiger partial charge < -0.3 is 0 Å². The smallest absolute Gasteiger partial charge is 0.261 e. The third kappa shape index (κ3) is 4.64. The van der Waals surface area contributed by atoms with Crippen molar-refractivity contribution >= 4 is 27.6 Å². The van der Waals surface area contributed by atoms with Crippen LogP contribution in [0.2, 0.25) is 0 Å². The Morgan fingerprint density at radius 3 is 2.04 bits per heavy atom. The normalized spacial score (nSPS) is 11.7. The van der Waals surface area contributed by atoms with Crippen LogP contribution in [0.4, 0.5) is 15.8 Å². The molecule has 144 valence electrons. The third-order valence-corrected chi connectivity index (χ3v) is 5.66. The number of halogens is 1. The van der Waals surface area contributed by atoms with Crippen LogP contribution in [0.3, 0.4) is 0 Å². The number of anilines is 1. The molecule has 4 nitrogen and oxygen atoms in total. The summed E-state index contributed by atoms with van der Waals surface area (Å²) in [5.41, 5.74) is 4.80. The van der Waals surface area contributed by atoms with Gasteiger partial charge in [-0.25, -0.2) is 12.8 Å². The van der Waals surface area contributed by atoms with Gasteiger partial charge in [-0.1, -0.05) is 29.8 Å². The molecule has 1 N–H and O–H groups in total. The topological polar surface area (TPSA) is 58.5 Å². The molecule has 0 saturated heterocycles. The van der Waals surface area contributed by atoms with Gasteiger partial charge in [-0.05, 0) is 73.9 Å². The Labute approximate surface area is 164 Å². The van der Waals surface area contributed by atoms with Crippen LogP contribution in [0.1, 0.15) is 22.3 Å². The molecule has 6 heteroatoms. The number of sulfonamides is 1. The van der Waals surface area contributed by atoms with Gasteiger partial charge in [0.2, 0.25) is 0 Å². The van der Waals surface area contributed by atoms with Gasteiger partial charge in [-0.3, -0.25) is 9.71 Å². The molecule has 0 amide bonds. The number of aliphatic imine (C=N–C) groups is 1. The van der Waals surface area contributed by atoms with Crippen LogP contribution < -0.4 is 4.72 Å². The minimum atomic E-state index is -3.70.